The Morgan fingerprint density at radius 1 is 1.50 bits per heavy atom. The molecule has 0 saturated carbocycles. The highest BCUT2D eigenvalue weighted by molar-refractivity contribution is 5.74. The lowest BCUT2D eigenvalue weighted by molar-refractivity contribution is 0.0839. The van der Waals surface area contributed by atoms with E-state index in [0.29, 0.717) is 18.0 Å². The minimum absolute atomic E-state index is 0.615. The van der Waals surface area contributed by atoms with Crippen LogP contribution in [0.2, 0.25) is 0 Å². The van der Waals surface area contributed by atoms with Crippen molar-refractivity contribution in [3.8, 4) is 5.75 Å². The Hall–Kier alpha value is -1.42. The van der Waals surface area contributed by atoms with Crippen molar-refractivity contribution in [3.05, 3.63) is 18.2 Å². The van der Waals surface area contributed by atoms with Crippen LogP contribution in [0.1, 0.15) is 13.3 Å². The van der Waals surface area contributed by atoms with Crippen molar-refractivity contribution in [2.45, 2.75) is 18.9 Å². The highest BCUT2D eigenvalue weighted by Crippen LogP contribution is 2.35. The van der Waals surface area contributed by atoms with E-state index in [1.807, 2.05) is 25.1 Å². The van der Waals surface area contributed by atoms with Crippen LogP contribution in [0.15, 0.2) is 18.2 Å². The lowest BCUT2D eigenvalue weighted by atomic mass is 10.1. The molecular weight excluding hydrogens is 204 g/mol. The molecule has 1 fully saturated rings. The van der Waals surface area contributed by atoms with Gasteiger partial charge in [0.1, 0.15) is 5.75 Å². The topological polar surface area (TPSA) is 58.7 Å². The first-order chi connectivity index (χ1) is 7.53. The average Bonchev–Trinajstić information content (AvgIpc) is 2.59. The number of nitrogen functional groups attached to an aromatic ring is 1. The second-order valence-corrected chi connectivity index (χ2v) is 4.56. The quantitative estimate of drug-likeness (QED) is 0.739. The summed E-state index contributed by atoms with van der Waals surface area (Å²) in [5.74, 6) is 0.684. The van der Waals surface area contributed by atoms with Gasteiger partial charge >= 0.3 is 0 Å². The molecule has 88 valence electrons. The second-order valence-electron chi connectivity index (χ2n) is 4.56. The van der Waals surface area contributed by atoms with Crippen LogP contribution in [0.25, 0.3) is 0 Å². The molecule has 2 rings (SSSR count). The maximum Gasteiger partial charge on any atom is 0.143 e. The van der Waals surface area contributed by atoms with Gasteiger partial charge in [-0.15, -0.1) is 0 Å². The molecule has 16 heavy (non-hydrogen) atoms. The zero-order valence-electron chi connectivity index (χ0n) is 9.73. The number of benzene rings is 1. The molecule has 4 heteroatoms. The molecule has 0 radical (unpaired) electrons. The van der Waals surface area contributed by atoms with Crippen LogP contribution < -0.4 is 15.4 Å². The van der Waals surface area contributed by atoms with Crippen LogP contribution in [-0.2, 0) is 0 Å². The van der Waals surface area contributed by atoms with Crippen molar-refractivity contribution in [3.63, 3.8) is 0 Å². The van der Waals surface area contributed by atoms with Crippen LogP contribution in [0.3, 0.4) is 0 Å². The van der Waals surface area contributed by atoms with Gasteiger partial charge in [-0.2, -0.15) is 0 Å². The van der Waals surface area contributed by atoms with E-state index < -0.39 is 5.60 Å². The molecule has 4 nitrogen and oxygen atoms in total. The number of aliphatic hydroxyl groups is 1. The zero-order valence-corrected chi connectivity index (χ0v) is 9.73. The Morgan fingerprint density at radius 2 is 2.25 bits per heavy atom. The fraction of sp³-hybridized carbons (Fsp3) is 0.500. The fourth-order valence-electron chi connectivity index (χ4n) is 2.14. The third-order valence-corrected chi connectivity index (χ3v) is 3.06. The van der Waals surface area contributed by atoms with Crippen LogP contribution in [0.5, 0.6) is 5.75 Å². The summed E-state index contributed by atoms with van der Waals surface area (Å²) in [6.07, 6.45) is 0.768. The molecule has 0 amide bonds. The molecule has 0 spiro atoms. The second kappa shape index (κ2) is 3.87. The van der Waals surface area contributed by atoms with Gasteiger partial charge in [-0.25, -0.2) is 0 Å². The minimum atomic E-state index is -0.616. The van der Waals surface area contributed by atoms with Gasteiger partial charge in [-0.3, -0.25) is 0 Å². The number of nitrogens with zero attached hydrogens (tertiary/aromatic N) is 1. The first-order valence-electron chi connectivity index (χ1n) is 5.43. The van der Waals surface area contributed by atoms with Crippen LogP contribution >= 0.6 is 0 Å². The molecule has 0 aliphatic carbocycles. The van der Waals surface area contributed by atoms with Gasteiger partial charge in [-0.05, 0) is 25.5 Å². The van der Waals surface area contributed by atoms with Gasteiger partial charge in [0.05, 0.1) is 24.1 Å². The summed E-state index contributed by atoms with van der Waals surface area (Å²) in [5.41, 5.74) is 6.98. The molecule has 1 atom stereocenters. The predicted molar refractivity (Wildman–Crippen MR) is 64.9 cm³/mol. The van der Waals surface area contributed by atoms with Gasteiger partial charge < -0.3 is 20.5 Å². The van der Waals surface area contributed by atoms with Crippen molar-refractivity contribution < 1.29 is 9.84 Å². The highest BCUT2D eigenvalue weighted by Gasteiger charge is 2.32. The number of rotatable bonds is 2. The first kappa shape index (κ1) is 11.1. The zero-order chi connectivity index (χ0) is 11.8. The number of hydrogen-bond acceptors (Lipinski definition) is 4. The van der Waals surface area contributed by atoms with E-state index in [4.69, 9.17) is 10.5 Å². The summed E-state index contributed by atoms with van der Waals surface area (Å²) >= 11 is 0. The van der Waals surface area contributed by atoms with E-state index in [9.17, 15) is 5.11 Å². The number of β-amino-alcohol motifs (C(OH)–C–C–N with tert-alkyl or cyclic N) is 1. The van der Waals surface area contributed by atoms with E-state index in [1.165, 1.54) is 0 Å². The molecule has 1 aromatic rings. The lowest BCUT2D eigenvalue weighted by Gasteiger charge is -2.23. The molecular formula is C12H18N2O2. The van der Waals surface area contributed by atoms with E-state index in [0.717, 1.165) is 18.7 Å². The minimum Gasteiger partial charge on any atom is -0.495 e. The van der Waals surface area contributed by atoms with Crippen molar-refractivity contribution in [1.82, 2.24) is 0 Å². The average molecular weight is 222 g/mol. The van der Waals surface area contributed by atoms with Crippen molar-refractivity contribution in [1.29, 1.82) is 0 Å². The van der Waals surface area contributed by atoms with Crippen molar-refractivity contribution >= 4 is 11.4 Å². The SMILES string of the molecule is COc1cccc(N2CCC(C)(O)C2)c1N. The number of anilines is 2. The monoisotopic (exact) mass is 222 g/mol. The van der Waals surface area contributed by atoms with Crippen LogP contribution in [0, 0.1) is 0 Å². The Morgan fingerprint density at radius 3 is 2.81 bits per heavy atom. The Balaban J connectivity index is 2.28. The predicted octanol–water partition coefficient (Wildman–Crippen LogP) is 1.24. The Kier molecular flexibility index (Phi) is 2.68. The van der Waals surface area contributed by atoms with Gasteiger partial charge in [0.15, 0.2) is 0 Å². The van der Waals surface area contributed by atoms with E-state index in [1.54, 1.807) is 7.11 Å². The first-order valence-corrected chi connectivity index (χ1v) is 5.43. The van der Waals surface area contributed by atoms with E-state index in [2.05, 4.69) is 4.90 Å². The molecule has 3 N–H and O–H groups in total. The van der Waals surface area contributed by atoms with Gasteiger partial charge in [-0.1, -0.05) is 6.07 Å². The number of nitrogens with two attached hydrogens (primary N) is 1. The Labute approximate surface area is 95.6 Å². The molecule has 0 aromatic heterocycles. The summed E-state index contributed by atoms with van der Waals surface area (Å²) in [6.45, 7) is 3.29. The summed E-state index contributed by atoms with van der Waals surface area (Å²) in [7, 11) is 1.61. The molecule has 1 aliphatic rings. The van der Waals surface area contributed by atoms with E-state index in [-0.39, 0.29) is 0 Å². The standard InChI is InChI=1S/C12H18N2O2/c1-12(15)6-7-14(8-12)9-4-3-5-10(16-2)11(9)13/h3-5,15H,6-8,13H2,1-2H3. The van der Waals surface area contributed by atoms with Gasteiger partial charge in [0.25, 0.3) is 0 Å². The molecule has 1 saturated heterocycles. The third-order valence-electron chi connectivity index (χ3n) is 3.06. The highest BCUT2D eigenvalue weighted by atomic mass is 16.5. The van der Waals surface area contributed by atoms with Crippen LogP contribution in [-0.4, -0.2) is 30.9 Å². The summed E-state index contributed by atoms with van der Waals surface area (Å²) in [6, 6.07) is 5.71. The van der Waals surface area contributed by atoms with Gasteiger partial charge in [0, 0.05) is 13.1 Å². The number of methoxy groups -OCH3 is 1. The summed E-state index contributed by atoms with van der Waals surface area (Å²) in [4.78, 5) is 2.10. The van der Waals surface area contributed by atoms with E-state index >= 15 is 0 Å². The smallest absolute Gasteiger partial charge is 0.143 e. The maximum atomic E-state index is 9.93. The number of para-hydroxylation sites is 1. The molecule has 1 aromatic carbocycles. The number of ether oxygens (including phenoxy) is 1. The summed E-state index contributed by atoms with van der Waals surface area (Å²) < 4.78 is 5.18. The largest absolute Gasteiger partial charge is 0.495 e. The number of hydrogen-bond donors (Lipinski definition) is 2. The van der Waals surface area contributed by atoms with Crippen molar-refractivity contribution in [2.24, 2.45) is 0 Å². The summed E-state index contributed by atoms with van der Waals surface area (Å²) in [5, 5.41) is 9.93. The molecule has 0 bridgehead atoms. The third kappa shape index (κ3) is 1.93. The molecule has 1 aliphatic heterocycles. The lowest BCUT2D eigenvalue weighted by Crippen LogP contribution is -2.29. The van der Waals surface area contributed by atoms with Crippen molar-refractivity contribution in [2.75, 3.05) is 30.8 Å². The Bertz CT molecular complexity index is 391. The van der Waals surface area contributed by atoms with Crippen LogP contribution in [0.4, 0.5) is 11.4 Å². The molecule has 1 unspecified atom stereocenters. The normalized spacial score (nSPS) is 24.8. The maximum absolute atomic E-state index is 9.93. The fourth-order valence-corrected chi connectivity index (χ4v) is 2.14. The molecule has 1 heterocycles. The van der Waals surface area contributed by atoms with Gasteiger partial charge in [0.2, 0.25) is 0 Å².